The molecule has 0 aliphatic heterocycles. The zero-order valence-corrected chi connectivity index (χ0v) is 17.5. The number of anilines is 1. The number of carbonyl (C=O) groups excluding carboxylic acids is 1. The van der Waals surface area contributed by atoms with Crippen LogP contribution in [-0.4, -0.2) is 23.6 Å². The lowest BCUT2D eigenvalue weighted by Gasteiger charge is -2.10. The zero-order chi connectivity index (χ0) is 23.4. The van der Waals surface area contributed by atoms with Gasteiger partial charge >= 0.3 is 5.97 Å². The maximum absolute atomic E-state index is 14.1. The molecule has 0 saturated heterocycles. The van der Waals surface area contributed by atoms with Crippen molar-refractivity contribution in [2.24, 2.45) is 4.99 Å². The monoisotopic (exact) mass is 446 g/mol. The van der Waals surface area contributed by atoms with Crippen LogP contribution in [0.5, 0.6) is 5.75 Å². The average molecular weight is 446 g/mol. The predicted molar refractivity (Wildman–Crippen MR) is 120 cm³/mol. The van der Waals surface area contributed by atoms with E-state index in [1.54, 1.807) is 30.3 Å². The maximum Gasteiger partial charge on any atom is 0.335 e. The number of halogens is 1. The summed E-state index contributed by atoms with van der Waals surface area (Å²) in [6, 6.07) is 18.4. The molecule has 0 unspecified atom stereocenters. The van der Waals surface area contributed by atoms with Gasteiger partial charge in [0.25, 0.3) is 5.91 Å². The van der Waals surface area contributed by atoms with Gasteiger partial charge in [0.05, 0.1) is 23.5 Å². The third kappa shape index (κ3) is 4.74. The van der Waals surface area contributed by atoms with Gasteiger partial charge in [0, 0.05) is 5.39 Å². The van der Waals surface area contributed by atoms with E-state index in [2.05, 4.69) is 10.3 Å². The molecule has 0 aliphatic carbocycles. The molecule has 1 heterocycles. The van der Waals surface area contributed by atoms with Gasteiger partial charge < -0.3 is 19.6 Å². The highest BCUT2D eigenvalue weighted by atomic mass is 19.1. The molecule has 3 aromatic carbocycles. The summed E-state index contributed by atoms with van der Waals surface area (Å²) in [6.45, 7) is 2.25. The van der Waals surface area contributed by atoms with E-state index in [-0.39, 0.29) is 22.4 Å². The summed E-state index contributed by atoms with van der Waals surface area (Å²) < 4.78 is 25.7. The lowest BCUT2D eigenvalue weighted by Crippen LogP contribution is -2.22. The van der Waals surface area contributed by atoms with Gasteiger partial charge in [-0.05, 0) is 55.5 Å². The van der Waals surface area contributed by atoms with Gasteiger partial charge in [-0.15, -0.1) is 0 Å². The molecule has 33 heavy (non-hydrogen) atoms. The number of benzene rings is 3. The highest BCUT2D eigenvalue weighted by Gasteiger charge is 2.16. The minimum absolute atomic E-state index is 0.0161. The van der Waals surface area contributed by atoms with Gasteiger partial charge in [0.15, 0.2) is 11.3 Å². The van der Waals surface area contributed by atoms with Crippen molar-refractivity contribution in [2.45, 2.75) is 6.92 Å². The summed E-state index contributed by atoms with van der Waals surface area (Å²) in [5.74, 6) is -1.78. The highest BCUT2D eigenvalue weighted by molar-refractivity contribution is 6.05. The van der Waals surface area contributed by atoms with E-state index in [0.29, 0.717) is 29.0 Å². The number of hydrogen-bond acceptors (Lipinski definition) is 5. The second-order valence-corrected chi connectivity index (χ2v) is 6.97. The number of fused-ring (bicyclic) bond motifs is 1. The lowest BCUT2D eigenvalue weighted by atomic mass is 10.1. The van der Waals surface area contributed by atoms with Crippen LogP contribution in [0.3, 0.4) is 0 Å². The van der Waals surface area contributed by atoms with Crippen molar-refractivity contribution in [1.82, 2.24) is 0 Å². The van der Waals surface area contributed by atoms with E-state index in [1.807, 2.05) is 6.92 Å². The minimum atomic E-state index is -1.07. The number of carboxylic acid groups (broad SMARTS) is 1. The van der Waals surface area contributed by atoms with E-state index in [0.717, 1.165) is 0 Å². The zero-order valence-electron chi connectivity index (χ0n) is 17.5. The van der Waals surface area contributed by atoms with Crippen molar-refractivity contribution < 1.29 is 28.2 Å². The Bertz CT molecular complexity index is 1410. The van der Waals surface area contributed by atoms with E-state index in [4.69, 9.17) is 14.3 Å². The van der Waals surface area contributed by atoms with Crippen molar-refractivity contribution in [3.8, 4) is 5.75 Å². The molecule has 0 bridgehead atoms. The Kier molecular flexibility index (Phi) is 6.17. The smallest absolute Gasteiger partial charge is 0.335 e. The number of nitrogens with zero attached hydrogens (tertiary/aromatic N) is 1. The van der Waals surface area contributed by atoms with Crippen molar-refractivity contribution >= 4 is 34.2 Å². The quantitative estimate of drug-likeness (QED) is 0.426. The number of carbonyl (C=O) groups is 2. The van der Waals surface area contributed by atoms with E-state index >= 15 is 0 Å². The third-order valence-electron chi connectivity index (χ3n) is 4.75. The Morgan fingerprint density at radius 1 is 1.06 bits per heavy atom. The topological polar surface area (TPSA) is 101 Å². The molecule has 0 saturated carbocycles. The van der Waals surface area contributed by atoms with Crippen LogP contribution in [0, 0.1) is 5.82 Å². The molecule has 8 heteroatoms. The van der Waals surface area contributed by atoms with Gasteiger partial charge in [-0.25, -0.2) is 14.2 Å². The van der Waals surface area contributed by atoms with Gasteiger partial charge in [0.1, 0.15) is 11.4 Å². The molecule has 0 atom stereocenters. The maximum atomic E-state index is 14.1. The number of rotatable bonds is 6. The minimum Gasteiger partial charge on any atom is -0.490 e. The first kappa shape index (κ1) is 21.8. The average Bonchev–Trinajstić information content (AvgIpc) is 2.81. The molecule has 0 spiro atoms. The number of amides is 1. The predicted octanol–water partition coefficient (Wildman–Crippen LogP) is 5.15. The fourth-order valence-corrected chi connectivity index (χ4v) is 3.19. The lowest BCUT2D eigenvalue weighted by molar-refractivity contribution is 0.0696. The van der Waals surface area contributed by atoms with E-state index < -0.39 is 17.7 Å². The molecule has 166 valence electrons. The van der Waals surface area contributed by atoms with Crippen LogP contribution >= 0.6 is 0 Å². The summed E-state index contributed by atoms with van der Waals surface area (Å²) in [4.78, 5) is 28.6. The normalized spacial score (nSPS) is 11.4. The molecule has 0 radical (unpaired) electrons. The first-order valence-corrected chi connectivity index (χ1v) is 10.1. The van der Waals surface area contributed by atoms with E-state index in [1.165, 1.54) is 42.5 Å². The highest BCUT2D eigenvalue weighted by Crippen LogP contribution is 2.26. The Hall–Kier alpha value is -4.46. The summed E-state index contributed by atoms with van der Waals surface area (Å²) in [7, 11) is 0. The number of ether oxygens (including phenoxy) is 1. The fraction of sp³-hybridized carbons (Fsp3) is 0.0800. The number of hydrogen-bond donors (Lipinski definition) is 2. The van der Waals surface area contributed by atoms with Crippen molar-refractivity contribution in [3.63, 3.8) is 0 Å². The van der Waals surface area contributed by atoms with E-state index in [9.17, 15) is 14.0 Å². The van der Waals surface area contributed by atoms with Gasteiger partial charge in [-0.2, -0.15) is 0 Å². The Morgan fingerprint density at radius 2 is 1.82 bits per heavy atom. The molecule has 0 fully saturated rings. The second kappa shape index (κ2) is 9.35. The van der Waals surface area contributed by atoms with Crippen molar-refractivity contribution in [2.75, 3.05) is 11.9 Å². The van der Waals surface area contributed by atoms with Gasteiger partial charge in [0.2, 0.25) is 5.55 Å². The standard InChI is InChI=1S/C25H19FN2O5/c1-2-32-21-9-5-6-16-14-18(23(29)28-20-8-4-3-7-19(20)26)24(33-22(16)21)27-17-12-10-15(11-13-17)25(30)31/h3-14H,2H2,1H3,(H,28,29)(H,30,31). The summed E-state index contributed by atoms with van der Waals surface area (Å²) in [5, 5.41) is 12.2. The largest absolute Gasteiger partial charge is 0.490 e. The molecule has 4 rings (SSSR count). The van der Waals surface area contributed by atoms with Crippen LogP contribution in [0.2, 0.25) is 0 Å². The molecule has 7 nitrogen and oxygen atoms in total. The van der Waals surface area contributed by atoms with Crippen LogP contribution in [-0.2, 0) is 0 Å². The molecular formula is C25H19FN2O5. The molecular weight excluding hydrogens is 427 g/mol. The number of aromatic carboxylic acids is 1. The number of carboxylic acids is 1. The molecule has 1 amide bonds. The van der Waals surface area contributed by atoms with Crippen LogP contribution in [0.4, 0.5) is 15.8 Å². The molecule has 0 aliphatic rings. The second-order valence-electron chi connectivity index (χ2n) is 6.97. The SMILES string of the molecule is CCOc1cccc2cc(C(=O)Nc3ccccc3F)c(=Nc3ccc(C(=O)O)cc3)oc12. The van der Waals surface area contributed by atoms with Crippen LogP contribution in [0.1, 0.15) is 27.6 Å². The Labute approximate surface area is 187 Å². The number of para-hydroxylation sites is 2. The first-order valence-electron chi connectivity index (χ1n) is 10.1. The Morgan fingerprint density at radius 3 is 2.52 bits per heavy atom. The van der Waals surface area contributed by atoms with Crippen LogP contribution < -0.4 is 15.6 Å². The van der Waals surface area contributed by atoms with Crippen LogP contribution in [0.15, 0.2) is 82.2 Å². The summed E-state index contributed by atoms with van der Waals surface area (Å²) in [5.41, 5.74) is 0.913. The van der Waals surface area contributed by atoms with Gasteiger partial charge in [-0.1, -0.05) is 24.3 Å². The molecule has 4 aromatic rings. The molecule has 1 aromatic heterocycles. The van der Waals surface area contributed by atoms with Gasteiger partial charge in [-0.3, -0.25) is 4.79 Å². The molecule has 2 N–H and O–H groups in total. The third-order valence-corrected chi connectivity index (χ3v) is 4.75. The summed E-state index contributed by atoms with van der Waals surface area (Å²) in [6.07, 6.45) is 0. The fourth-order valence-electron chi connectivity index (χ4n) is 3.19. The van der Waals surface area contributed by atoms with Crippen molar-refractivity contribution in [1.29, 1.82) is 0 Å². The first-order chi connectivity index (χ1) is 16.0. The van der Waals surface area contributed by atoms with Crippen LogP contribution in [0.25, 0.3) is 11.0 Å². The number of nitrogens with one attached hydrogen (secondary N) is 1. The summed E-state index contributed by atoms with van der Waals surface area (Å²) >= 11 is 0. The Balaban J connectivity index is 1.87. The van der Waals surface area contributed by atoms with Crippen molar-refractivity contribution in [3.05, 3.63) is 95.3 Å².